The van der Waals surface area contributed by atoms with Crippen LogP contribution in [0.2, 0.25) is 0 Å². The van der Waals surface area contributed by atoms with Gasteiger partial charge in [-0.2, -0.15) is 13.2 Å². The van der Waals surface area contributed by atoms with Gasteiger partial charge in [-0.05, 0) is 37.4 Å². The van der Waals surface area contributed by atoms with E-state index in [0.29, 0.717) is 6.54 Å². The highest BCUT2D eigenvalue weighted by molar-refractivity contribution is 7.09. The molecule has 15 heavy (non-hydrogen) atoms. The normalized spacial score (nSPS) is 11.9. The molecule has 1 N–H and O–H groups in total. The van der Waals surface area contributed by atoms with Crippen molar-refractivity contribution >= 4 is 11.3 Å². The molecule has 0 unspecified atom stereocenters. The predicted molar refractivity (Wildman–Crippen MR) is 56.2 cm³/mol. The summed E-state index contributed by atoms with van der Waals surface area (Å²) in [5.74, 6) is 0. The summed E-state index contributed by atoms with van der Waals surface area (Å²) >= 11 is 1.67. The number of halogens is 3. The van der Waals surface area contributed by atoms with Crippen LogP contribution in [-0.2, 0) is 6.42 Å². The Morgan fingerprint density at radius 3 is 2.67 bits per heavy atom. The fourth-order valence-corrected chi connectivity index (χ4v) is 1.91. The van der Waals surface area contributed by atoms with Crippen LogP contribution in [0.15, 0.2) is 17.5 Å². The van der Waals surface area contributed by atoms with Crippen molar-refractivity contribution < 1.29 is 13.2 Å². The summed E-state index contributed by atoms with van der Waals surface area (Å²) in [5, 5.41) is 5.00. The van der Waals surface area contributed by atoms with E-state index in [2.05, 4.69) is 5.32 Å². The average Bonchev–Trinajstić information content (AvgIpc) is 2.61. The topological polar surface area (TPSA) is 12.0 Å². The summed E-state index contributed by atoms with van der Waals surface area (Å²) in [6.45, 7) is 1.18. The SMILES string of the molecule is FC(F)(F)CCCNCCc1cccs1. The van der Waals surface area contributed by atoms with Gasteiger partial charge in [0.05, 0.1) is 0 Å². The Morgan fingerprint density at radius 1 is 1.27 bits per heavy atom. The van der Waals surface area contributed by atoms with Crippen LogP contribution in [0.4, 0.5) is 13.2 Å². The minimum Gasteiger partial charge on any atom is -0.316 e. The van der Waals surface area contributed by atoms with E-state index in [0.717, 1.165) is 13.0 Å². The van der Waals surface area contributed by atoms with Crippen LogP contribution >= 0.6 is 11.3 Å². The molecule has 0 aliphatic carbocycles. The van der Waals surface area contributed by atoms with Crippen LogP contribution in [-0.4, -0.2) is 19.3 Å². The number of hydrogen-bond acceptors (Lipinski definition) is 2. The summed E-state index contributed by atoms with van der Waals surface area (Å²) in [6.07, 6.45) is -3.66. The molecule has 0 aliphatic rings. The van der Waals surface area contributed by atoms with Crippen LogP contribution < -0.4 is 5.32 Å². The van der Waals surface area contributed by atoms with Crippen molar-refractivity contribution in [1.29, 1.82) is 0 Å². The van der Waals surface area contributed by atoms with Crippen molar-refractivity contribution in [2.24, 2.45) is 0 Å². The second kappa shape index (κ2) is 6.12. The zero-order chi connectivity index (χ0) is 11.1. The van der Waals surface area contributed by atoms with Crippen molar-refractivity contribution in [1.82, 2.24) is 5.32 Å². The summed E-state index contributed by atoms with van der Waals surface area (Å²) in [5.41, 5.74) is 0. The highest BCUT2D eigenvalue weighted by Crippen LogP contribution is 2.20. The quantitative estimate of drug-likeness (QED) is 0.749. The third-order valence-corrected chi connectivity index (χ3v) is 2.88. The molecule has 0 amide bonds. The van der Waals surface area contributed by atoms with Crippen molar-refractivity contribution in [3.05, 3.63) is 22.4 Å². The molecular formula is C10H14F3NS. The minimum absolute atomic E-state index is 0.161. The Balaban J connectivity index is 1.94. The first-order valence-electron chi connectivity index (χ1n) is 4.88. The Hall–Kier alpha value is -0.550. The molecule has 1 rings (SSSR count). The highest BCUT2D eigenvalue weighted by Gasteiger charge is 2.25. The first-order valence-corrected chi connectivity index (χ1v) is 5.76. The van der Waals surface area contributed by atoms with E-state index in [1.165, 1.54) is 4.88 Å². The summed E-state index contributed by atoms with van der Waals surface area (Å²) in [6, 6.07) is 4.01. The van der Waals surface area contributed by atoms with E-state index in [1.807, 2.05) is 17.5 Å². The molecule has 0 bridgehead atoms. The number of rotatable bonds is 6. The molecule has 0 fully saturated rings. The van der Waals surface area contributed by atoms with Crippen LogP contribution in [0.5, 0.6) is 0 Å². The van der Waals surface area contributed by atoms with Gasteiger partial charge in [-0.1, -0.05) is 6.07 Å². The molecule has 0 atom stereocenters. The average molecular weight is 237 g/mol. The Labute approximate surface area is 91.3 Å². The molecule has 0 aliphatic heterocycles. The van der Waals surface area contributed by atoms with Crippen molar-refractivity contribution in [3.63, 3.8) is 0 Å². The van der Waals surface area contributed by atoms with Gasteiger partial charge in [-0.15, -0.1) is 11.3 Å². The van der Waals surface area contributed by atoms with E-state index >= 15 is 0 Å². The van der Waals surface area contributed by atoms with Crippen LogP contribution in [0.1, 0.15) is 17.7 Å². The monoisotopic (exact) mass is 237 g/mol. The summed E-state index contributed by atoms with van der Waals surface area (Å²) in [7, 11) is 0. The zero-order valence-corrected chi connectivity index (χ0v) is 9.13. The number of nitrogens with one attached hydrogen (secondary N) is 1. The molecule has 0 saturated heterocycles. The van der Waals surface area contributed by atoms with Gasteiger partial charge in [-0.3, -0.25) is 0 Å². The maximum atomic E-state index is 11.8. The molecule has 1 aromatic heterocycles. The molecule has 1 aromatic rings. The molecule has 86 valence electrons. The molecule has 0 spiro atoms. The molecule has 0 saturated carbocycles. The Bertz CT molecular complexity index is 256. The van der Waals surface area contributed by atoms with Gasteiger partial charge < -0.3 is 5.32 Å². The van der Waals surface area contributed by atoms with Gasteiger partial charge in [-0.25, -0.2) is 0 Å². The molecular weight excluding hydrogens is 223 g/mol. The smallest absolute Gasteiger partial charge is 0.316 e. The van der Waals surface area contributed by atoms with Gasteiger partial charge in [0.1, 0.15) is 0 Å². The van der Waals surface area contributed by atoms with Gasteiger partial charge in [0.25, 0.3) is 0 Å². The molecule has 1 nitrogen and oxygen atoms in total. The van der Waals surface area contributed by atoms with Gasteiger partial charge in [0, 0.05) is 11.3 Å². The number of hydrogen-bond donors (Lipinski definition) is 1. The largest absolute Gasteiger partial charge is 0.389 e. The predicted octanol–water partition coefficient (Wildman–Crippen LogP) is 3.22. The van der Waals surface area contributed by atoms with Gasteiger partial charge in [0.15, 0.2) is 0 Å². The Kier molecular flexibility index (Phi) is 5.11. The van der Waals surface area contributed by atoms with Crippen molar-refractivity contribution in [3.8, 4) is 0 Å². The van der Waals surface area contributed by atoms with E-state index < -0.39 is 12.6 Å². The second-order valence-electron chi connectivity index (χ2n) is 3.30. The van der Waals surface area contributed by atoms with E-state index in [-0.39, 0.29) is 6.42 Å². The van der Waals surface area contributed by atoms with Crippen molar-refractivity contribution in [2.75, 3.05) is 13.1 Å². The number of thiophene rings is 1. The lowest BCUT2D eigenvalue weighted by Gasteiger charge is -2.06. The van der Waals surface area contributed by atoms with Crippen LogP contribution in [0, 0.1) is 0 Å². The Morgan fingerprint density at radius 2 is 2.07 bits per heavy atom. The molecule has 5 heteroatoms. The fraction of sp³-hybridized carbons (Fsp3) is 0.600. The van der Waals surface area contributed by atoms with Crippen LogP contribution in [0.25, 0.3) is 0 Å². The third-order valence-electron chi connectivity index (χ3n) is 1.94. The van der Waals surface area contributed by atoms with Crippen LogP contribution in [0.3, 0.4) is 0 Å². The summed E-state index contributed by atoms with van der Waals surface area (Å²) < 4.78 is 35.3. The standard InChI is InChI=1S/C10H14F3NS/c11-10(12,13)5-2-6-14-7-4-9-3-1-8-15-9/h1,3,8,14H,2,4-7H2. The highest BCUT2D eigenvalue weighted by atomic mass is 32.1. The first kappa shape index (κ1) is 12.5. The molecule has 0 aromatic carbocycles. The maximum absolute atomic E-state index is 11.8. The fourth-order valence-electron chi connectivity index (χ4n) is 1.21. The zero-order valence-electron chi connectivity index (χ0n) is 8.31. The van der Waals surface area contributed by atoms with E-state index in [1.54, 1.807) is 11.3 Å². The van der Waals surface area contributed by atoms with E-state index in [4.69, 9.17) is 0 Å². The van der Waals surface area contributed by atoms with Gasteiger partial charge in [0.2, 0.25) is 0 Å². The summed E-state index contributed by atoms with van der Waals surface area (Å²) in [4.78, 5) is 1.26. The lowest BCUT2D eigenvalue weighted by molar-refractivity contribution is -0.135. The number of alkyl halides is 3. The first-order chi connectivity index (χ1) is 7.08. The molecule has 1 heterocycles. The lowest BCUT2D eigenvalue weighted by atomic mass is 10.3. The van der Waals surface area contributed by atoms with E-state index in [9.17, 15) is 13.2 Å². The second-order valence-corrected chi connectivity index (χ2v) is 4.33. The lowest BCUT2D eigenvalue weighted by Crippen LogP contribution is -2.20. The maximum Gasteiger partial charge on any atom is 0.389 e. The van der Waals surface area contributed by atoms with Gasteiger partial charge >= 0.3 is 6.18 Å². The molecule has 0 radical (unpaired) electrons. The minimum atomic E-state index is -4.02. The van der Waals surface area contributed by atoms with Crippen molar-refractivity contribution in [2.45, 2.75) is 25.4 Å². The third kappa shape index (κ3) is 6.52.